The molecule has 2 N–H and O–H groups in total. The number of thiophene rings is 1. The molecule has 0 radical (unpaired) electrons. The number of thiazole rings is 1. The van der Waals surface area contributed by atoms with Gasteiger partial charge in [-0.05, 0) is 17.5 Å². The smallest absolute Gasteiger partial charge is 0.267 e. The first-order valence-corrected chi connectivity index (χ1v) is 10.5. The van der Waals surface area contributed by atoms with Crippen LogP contribution in [0.2, 0.25) is 0 Å². The third-order valence-corrected chi connectivity index (χ3v) is 7.91. The van der Waals surface area contributed by atoms with Crippen LogP contribution >= 0.6 is 22.7 Å². The van der Waals surface area contributed by atoms with E-state index in [9.17, 15) is 13.2 Å². The molecule has 0 aromatic carbocycles. The first kappa shape index (κ1) is 18.0. The van der Waals surface area contributed by atoms with Crippen LogP contribution in [0.25, 0.3) is 6.08 Å². The Hall–Kier alpha value is -1.79. The van der Waals surface area contributed by atoms with Gasteiger partial charge in [0.25, 0.3) is 15.9 Å². The molecule has 2 aromatic heterocycles. The lowest BCUT2D eigenvalue weighted by Gasteiger charge is -2.33. The second-order valence-corrected chi connectivity index (χ2v) is 9.33. The number of amides is 1. The van der Waals surface area contributed by atoms with Crippen molar-refractivity contribution in [3.63, 3.8) is 0 Å². The van der Waals surface area contributed by atoms with E-state index in [0.29, 0.717) is 30.4 Å². The normalized spacial score (nSPS) is 16.4. The molecule has 0 saturated carbocycles. The Bertz CT molecular complexity index is 853. The maximum absolute atomic E-state index is 12.5. The van der Waals surface area contributed by atoms with Crippen molar-refractivity contribution in [3.05, 3.63) is 34.7 Å². The Morgan fingerprint density at radius 2 is 2.08 bits per heavy atom. The summed E-state index contributed by atoms with van der Waals surface area (Å²) in [7, 11) is -3.41. The summed E-state index contributed by atoms with van der Waals surface area (Å²) < 4.78 is 26.9. The number of carbonyl (C=O) groups excluding carboxylic acids is 1. The molecule has 1 aliphatic rings. The van der Waals surface area contributed by atoms with Crippen LogP contribution in [0, 0.1) is 0 Å². The highest BCUT2D eigenvalue weighted by molar-refractivity contribution is 7.91. The molecule has 0 unspecified atom stereocenters. The second-order valence-electron chi connectivity index (χ2n) is 5.18. The van der Waals surface area contributed by atoms with E-state index >= 15 is 0 Å². The molecule has 3 rings (SSSR count). The third kappa shape index (κ3) is 4.07. The van der Waals surface area contributed by atoms with Crippen LogP contribution in [0.3, 0.4) is 0 Å². The molecule has 1 saturated heterocycles. The standard InChI is InChI=1S/C14H16N4O4S3/c19-12(16-20)4-3-11-10-15-14(24-11)17-5-7-18(8-6-17)25(21,22)13-2-1-9-23-13/h1-4,9-10,20H,5-8H2,(H,16,19). The first-order chi connectivity index (χ1) is 12.0. The topological polar surface area (TPSA) is 103 Å². The molecule has 0 atom stereocenters. The molecule has 134 valence electrons. The van der Waals surface area contributed by atoms with Gasteiger partial charge in [-0.3, -0.25) is 10.0 Å². The van der Waals surface area contributed by atoms with Gasteiger partial charge in [0.1, 0.15) is 4.21 Å². The van der Waals surface area contributed by atoms with Crippen molar-refractivity contribution in [2.75, 3.05) is 31.1 Å². The highest BCUT2D eigenvalue weighted by Crippen LogP contribution is 2.27. The number of piperazine rings is 1. The molecule has 0 aliphatic carbocycles. The minimum absolute atomic E-state index is 0.366. The summed E-state index contributed by atoms with van der Waals surface area (Å²) in [5.74, 6) is -0.609. The number of hydroxylamine groups is 1. The number of sulfonamides is 1. The fourth-order valence-corrected chi connectivity index (χ4v) is 5.79. The lowest BCUT2D eigenvalue weighted by atomic mass is 10.4. The summed E-state index contributed by atoms with van der Waals surface area (Å²) in [5.41, 5.74) is 1.52. The molecule has 0 spiro atoms. The van der Waals surface area contributed by atoms with E-state index in [4.69, 9.17) is 5.21 Å². The predicted molar refractivity (Wildman–Crippen MR) is 96.4 cm³/mol. The van der Waals surface area contributed by atoms with Crippen molar-refractivity contribution in [1.82, 2.24) is 14.8 Å². The van der Waals surface area contributed by atoms with Gasteiger partial charge in [-0.1, -0.05) is 17.4 Å². The van der Waals surface area contributed by atoms with Crippen LogP contribution < -0.4 is 10.4 Å². The van der Waals surface area contributed by atoms with Gasteiger partial charge in [-0.25, -0.2) is 18.9 Å². The van der Waals surface area contributed by atoms with Crippen molar-refractivity contribution >= 4 is 49.8 Å². The van der Waals surface area contributed by atoms with Gasteiger partial charge in [0.2, 0.25) is 0 Å². The Kier molecular flexibility index (Phi) is 5.49. The largest absolute Gasteiger partial charge is 0.345 e. The summed E-state index contributed by atoms with van der Waals surface area (Å²) in [6.45, 7) is 1.91. The average Bonchev–Trinajstić information content (AvgIpc) is 3.31. The van der Waals surface area contributed by atoms with Gasteiger partial charge < -0.3 is 4.90 Å². The molecule has 1 amide bonds. The Labute approximate surface area is 153 Å². The highest BCUT2D eigenvalue weighted by atomic mass is 32.2. The number of rotatable bonds is 5. The van der Waals surface area contributed by atoms with Crippen LogP contribution in [0.4, 0.5) is 5.13 Å². The van der Waals surface area contributed by atoms with Crippen molar-refractivity contribution in [1.29, 1.82) is 0 Å². The maximum atomic E-state index is 12.5. The molecule has 1 aliphatic heterocycles. The van der Waals surface area contributed by atoms with Gasteiger partial charge in [-0.2, -0.15) is 4.31 Å². The van der Waals surface area contributed by atoms with Gasteiger partial charge >= 0.3 is 0 Å². The zero-order chi connectivity index (χ0) is 17.9. The minimum atomic E-state index is -3.41. The van der Waals surface area contributed by atoms with Crippen LogP contribution in [-0.4, -0.2) is 55.0 Å². The molecule has 25 heavy (non-hydrogen) atoms. The minimum Gasteiger partial charge on any atom is -0.345 e. The number of hydrogen-bond donors (Lipinski definition) is 2. The van der Waals surface area contributed by atoms with Crippen LogP contribution in [0.1, 0.15) is 4.88 Å². The van der Waals surface area contributed by atoms with E-state index in [1.165, 1.54) is 38.5 Å². The summed E-state index contributed by atoms with van der Waals surface area (Å²) in [4.78, 5) is 18.1. The summed E-state index contributed by atoms with van der Waals surface area (Å²) in [5, 5.41) is 11.0. The number of anilines is 1. The lowest BCUT2D eigenvalue weighted by Crippen LogP contribution is -2.48. The number of nitrogens with one attached hydrogen (secondary N) is 1. The van der Waals surface area contributed by atoms with E-state index in [1.54, 1.807) is 29.8 Å². The summed E-state index contributed by atoms with van der Waals surface area (Å²) >= 11 is 2.62. The Morgan fingerprint density at radius 3 is 2.72 bits per heavy atom. The second kappa shape index (κ2) is 7.62. The molecular weight excluding hydrogens is 384 g/mol. The SMILES string of the molecule is O=C(C=Cc1cnc(N2CCN(S(=O)(=O)c3cccs3)CC2)s1)NO. The van der Waals surface area contributed by atoms with Gasteiger partial charge in [0.05, 0.1) is 0 Å². The van der Waals surface area contributed by atoms with Gasteiger partial charge in [-0.15, -0.1) is 11.3 Å². The zero-order valence-electron chi connectivity index (χ0n) is 13.0. The number of carbonyl (C=O) groups is 1. The van der Waals surface area contributed by atoms with Crippen molar-refractivity contribution in [2.24, 2.45) is 0 Å². The predicted octanol–water partition coefficient (Wildman–Crippen LogP) is 1.23. The Balaban J connectivity index is 1.62. The van der Waals surface area contributed by atoms with E-state index in [-0.39, 0.29) is 0 Å². The van der Waals surface area contributed by atoms with Crippen molar-refractivity contribution in [3.8, 4) is 0 Å². The molecule has 2 aromatic rings. The first-order valence-electron chi connectivity index (χ1n) is 7.37. The van der Waals surface area contributed by atoms with Gasteiger partial charge in [0.15, 0.2) is 5.13 Å². The zero-order valence-corrected chi connectivity index (χ0v) is 15.5. The molecule has 1 fully saturated rings. The van der Waals surface area contributed by atoms with Crippen LogP contribution in [0.5, 0.6) is 0 Å². The third-order valence-electron chi connectivity index (χ3n) is 3.62. The molecule has 8 nitrogen and oxygen atoms in total. The average molecular weight is 401 g/mol. The molecular formula is C14H16N4O4S3. The van der Waals surface area contributed by atoms with E-state index in [1.807, 2.05) is 4.90 Å². The highest BCUT2D eigenvalue weighted by Gasteiger charge is 2.29. The maximum Gasteiger partial charge on any atom is 0.267 e. The van der Waals surface area contributed by atoms with Crippen LogP contribution in [0.15, 0.2) is 34.0 Å². The van der Waals surface area contributed by atoms with E-state index in [2.05, 4.69) is 4.98 Å². The monoisotopic (exact) mass is 400 g/mol. The van der Waals surface area contributed by atoms with E-state index < -0.39 is 15.9 Å². The molecule has 0 bridgehead atoms. The van der Waals surface area contributed by atoms with Crippen molar-refractivity contribution in [2.45, 2.75) is 4.21 Å². The summed E-state index contributed by atoms with van der Waals surface area (Å²) in [6.07, 6.45) is 4.41. The summed E-state index contributed by atoms with van der Waals surface area (Å²) in [6, 6.07) is 3.35. The molecule has 3 heterocycles. The molecule has 11 heteroatoms. The number of aromatic nitrogens is 1. The fraction of sp³-hybridized carbons (Fsp3) is 0.286. The fourth-order valence-electron chi connectivity index (χ4n) is 2.35. The van der Waals surface area contributed by atoms with E-state index in [0.717, 1.165) is 10.0 Å². The lowest BCUT2D eigenvalue weighted by molar-refractivity contribution is -0.124. The van der Waals surface area contributed by atoms with Crippen LogP contribution in [-0.2, 0) is 14.8 Å². The van der Waals surface area contributed by atoms with Crippen molar-refractivity contribution < 1.29 is 18.4 Å². The Morgan fingerprint density at radius 1 is 1.32 bits per heavy atom. The van der Waals surface area contributed by atoms with Gasteiger partial charge in [0, 0.05) is 43.3 Å². The quantitative estimate of drug-likeness (QED) is 0.445. The number of hydrogen-bond acceptors (Lipinski definition) is 8. The number of nitrogens with zero attached hydrogens (tertiary/aromatic N) is 3.